The average molecular weight is 355 g/mol. The molecule has 0 saturated heterocycles. The van der Waals surface area contributed by atoms with E-state index in [9.17, 15) is 4.79 Å². The summed E-state index contributed by atoms with van der Waals surface area (Å²) >= 11 is 0. The van der Waals surface area contributed by atoms with Crippen molar-refractivity contribution in [2.45, 2.75) is 19.9 Å². The molecule has 0 aliphatic carbocycles. The van der Waals surface area contributed by atoms with Crippen LogP contribution in [0.3, 0.4) is 0 Å². The zero-order chi connectivity index (χ0) is 18.8. The third kappa shape index (κ3) is 5.84. The van der Waals surface area contributed by atoms with Gasteiger partial charge in [-0.2, -0.15) is 0 Å². The number of nitrogens with one attached hydrogen (secondary N) is 1. The second-order valence-corrected chi connectivity index (χ2v) is 5.66. The van der Waals surface area contributed by atoms with Gasteiger partial charge in [0.05, 0.1) is 20.8 Å². The molecular formula is C21H25NO4. The fourth-order valence-corrected chi connectivity index (χ4v) is 2.28. The van der Waals surface area contributed by atoms with Gasteiger partial charge in [0.1, 0.15) is 5.75 Å². The third-order valence-electron chi connectivity index (χ3n) is 3.70. The van der Waals surface area contributed by atoms with Gasteiger partial charge in [0.15, 0.2) is 11.5 Å². The van der Waals surface area contributed by atoms with Crippen molar-refractivity contribution in [3.8, 4) is 17.2 Å². The minimum atomic E-state index is -0.161. The first kappa shape index (κ1) is 19.4. The number of ether oxygens (including phenoxy) is 3. The highest BCUT2D eigenvalue weighted by atomic mass is 16.5. The van der Waals surface area contributed by atoms with Crippen LogP contribution in [0.2, 0.25) is 0 Å². The smallest absolute Gasteiger partial charge is 0.244 e. The van der Waals surface area contributed by atoms with Gasteiger partial charge in [-0.25, -0.2) is 0 Å². The highest BCUT2D eigenvalue weighted by Gasteiger charge is 2.05. The minimum Gasteiger partial charge on any atom is -0.497 e. The number of amides is 1. The van der Waals surface area contributed by atoms with Gasteiger partial charge in [-0.1, -0.05) is 25.1 Å². The molecule has 2 aromatic rings. The van der Waals surface area contributed by atoms with Gasteiger partial charge in [-0.05, 0) is 47.9 Å². The molecule has 0 aliphatic heterocycles. The lowest BCUT2D eigenvalue weighted by atomic mass is 10.2. The van der Waals surface area contributed by atoms with E-state index in [1.807, 2.05) is 49.4 Å². The molecule has 5 nitrogen and oxygen atoms in total. The van der Waals surface area contributed by atoms with E-state index in [0.717, 1.165) is 23.3 Å². The molecule has 2 aromatic carbocycles. The van der Waals surface area contributed by atoms with Crippen LogP contribution in [0.1, 0.15) is 24.5 Å². The molecule has 0 bridgehead atoms. The number of benzene rings is 2. The number of carbonyl (C=O) groups excluding carboxylic acids is 1. The normalized spacial score (nSPS) is 10.6. The molecular weight excluding hydrogens is 330 g/mol. The van der Waals surface area contributed by atoms with Crippen LogP contribution in [0.25, 0.3) is 6.08 Å². The predicted octanol–water partition coefficient (Wildman–Crippen LogP) is 3.82. The molecule has 0 radical (unpaired) electrons. The van der Waals surface area contributed by atoms with Crippen molar-refractivity contribution < 1.29 is 19.0 Å². The fourth-order valence-electron chi connectivity index (χ4n) is 2.28. The Kier molecular flexibility index (Phi) is 7.55. The molecule has 5 heteroatoms. The van der Waals surface area contributed by atoms with E-state index >= 15 is 0 Å². The third-order valence-corrected chi connectivity index (χ3v) is 3.70. The second-order valence-electron chi connectivity index (χ2n) is 5.66. The Morgan fingerprint density at radius 3 is 2.46 bits per heavy atom. The highest BCUT2D eigenvalue weighted by molar-refractivity contribution is 5.91. The van der Waals surface area contributed by atoms with E-state index in [1.165, 1.54) is 6.08 Å². The van der Waals surface area contributed by atoms with Crippen molar-refractivity contribution in [1.29, 1.82) is 0 Å². The number of hydrogen-bond acceptors (Lipinski definition) is 4. The first-order chi connectivity index (χ1) is 12.7. The standard InChI is InChI=1S/C21H25NO4/c1-4-13-26-19-11-7-16(14-20(19)25-3)8-12-21(23)22-15-17-5-9-18(24-2)10-6-17/h5-12,14H,4,13,15H2,1-3H3,(H,22,23)/b12-8+. The van der Waals surface area contributed by atoms with Gasteiger partial charge in [-0.15, -0.1) is 0 Å². The molecule has 2 rings (SSSR count). The first-order valence-electron chi connectivity index (χ1n) is 8.56. The summed E-state index contributed by atoms with van der Waals surface area (Å²) in [5.74, 6) is 1.99. The van der Waals surface area contributed by atoms with Gasteiger partial charge in [0.25, 0.3) is 0 Å². The number of hydrogen-bond donors (Lipinski definition) is 1. The van der Waals surface area contributed by atoms with Gasteiger partial charge in [0.2, 0.25) is 5.91 Å². The topological polar surface area (TPSA) is 56.8 Å². The fraction of sp³-hybridized carbons (Fsp3) is 0.286. The van der Waals surface area contributed by atoms with Crippen molar-refractivity contribution >= 4 is 12.0 Å². The number of rotatable bonds is 9. The summed E-state index contributed by atoms with van der Waals surface area (Å²) < 4.78 is 16.1. The summed E-state index contributed by atoms with van der Waals surface area (Å²) in [6.07, 6.45) is 4.18. The van der Waals surface area contributed by atoms with Crippen molar-refractivity contribution in [3.05, 3.63) is 59.7 Å². The molecule has 26 heavy (non-hydrogen) atoms. The SMILES string of the molecule is CCCOc1ccc(/C=C/C(=O)NCc2ccc(OC)cc2)cc1OC. The zero-order valence-electron chi connectivity index (χ0n) is 15.5. The summed E-state index contributed by atoms with van der Waals surface area (Å²) in [4.78, 5) is 12.0. The van der Waals surface area contributed by atoms with Gasteiger partial charge < -0.3 is 19.5 Å². The van der Waals surface area contributed by atoms with E-state index in [-0.39, 0.29) is 5.91 Å². The predicted molar refractivity (Wildman–Crippen MR) is 103 cm³/mol. The Hall–Kier alpha value is -2.95. The Bertz CT molecular complexity index is 738. The van der Waals surface area contributed by atoms with E-state index in [4.69, 9.17) is 14.2 Å². The molecule has 0 saturated carbocycles. The van der Waals surface area contributed by atoms with Crippen LogP contribution < -0.4 is 19.5 Å². The van der Waals surface area contributed by atoms with Crippen LogP contribution in [0.5, 0.6) is 17.2 Å². The van der Waals surface area contributed by atoms with Crippen LogP contribution in [0.4, 0.5) is 0 Å². The Morgan fingerprint density at radius 1 is 1.04 bits per heavy atom. The summed E-state index contributed by atoms with van der Waals surface area (Å²) in [6, 6.07) is 13.2. The molecule has 1 N–H and O–H groups in total. The van der Waals surface area contributed by atoms with Gasteiger partial charge >= 0.3 is 0 Å². The Balaban J connectivity index is 1.92. The summed E-state index contributed by atoms with van der Waals surface area (Å²) in [5, 5.41) is 2.85. The highest BCUT2D eigenvalue weighted by Crippen LogP contribution is 2.28. The molecule has 0 spiro atoms. The van der Waals surface area contributed by atoms with Crippen LogP contribution >= 0.6 is 0 Å². The van der Waals surface area contributed by atoms with E-state index in [2.05, 4.69) is 5.32 Å². The second kappa shape index (κ2) is 10.1. The van der Waals surface area contributed by atoms with Crippen molar-refractivity contribution in [2.75, 3.05) is 20.8 Å². The molecule has 0 unspecified atom stereocenters. The lowest BCUT2D eigenvalue weighted by Crippen LogP contribution is -2.20. The molecule has 0 atom stereocenters. The molecule has 0 fully saturated rings. The van der Waals surface area contributed by atoms with Crippen molar-refractivity contribution in [2.24, 2.45) is 0 Å². The van der Waals surface area contributed by atoms with Crippen LogP contribution in [-0.2, 0) is 11.3 Å². The molecule has 0 heterocycles. The summed E-state index contributed by atoms with van der Waals surface area (Å²) in [7, 11) is 3.22. The molecule has 0 aromatic heterocycles. The van der Waals surface area contributed by atoms with Gasteiger partial charge in [-0.3, -0.25) is 4.79 Å². The quantitative estimate of drug-likeness (QED) is 0.695. The summed E-state index contributed by atoms with van der Waals surface area (Å²) in [5.41, 5.74) is 1.87. The Morgan fingerprint density at radius 2 is 1.81 bits per heavy atom. The maximum atomic E-state index is 12.0. The van der Waals surface area contributed by atoms with Crippen molar-refractivity contribution in [3.63, 3.8) is 0 Å². The zero-order valence-corrected chi connectivity index (χ0v) is 15.5. The largest absolute Gasteiger partial charge is 0.497 e. The maximum absolute atomic E-state index is 12.0. The Labute approximate surface area is 154 Å². The molecule has 138 valence electrons. The van der Waals surface area contributed by atoms with Crippen LogP contribution in [-0.4, -0.2) is 26.7 Å². The van der Waals surface area contributed by atoms with Crippen LogP contribution in [0, 0.1) is 0 Å². The average Bonchev–Trinajstić information content (AvgIpc) is 2.69. The van der Waals surface area contributed by atoms with E-state index < -0.39 is 0 Å². The molecule has 1 amide bonds. The van der Waals surface area contributed by atoms with Gasteiger partial charge in [0, 0.05) is 12.6 Å². The summed E-state index contributed by atoms with van der Waals surface area (Å²) in [6.45, 7) is 3.15. The lowest BCUT2D eigenvalue weighted by Gasteiger charge is -2.10. The minimum absolute atomic E-state index is 0.161. The maximum Gasteiger partial charge on any atom is 0.244 e. The first-order valence-corrected chi connectivity index (χ1v) is 8.56. The van der Waals surface area contributed by atoms with E-state index in [0.29, 0.717) is 24.7 Å². The monoisotopic (exact) mass is 355 g/mol. The van der Waals surface area contributed by atoms with Crippen LogP contribution in [0.15, 0.2) is 48.5 Å². The molecule has 0 aliphatic rings. The van der Waals surface area contributed by atoms with E-state index in [1.54, 1.807) is 20.3 Å². The number of carbonyl (C=O) groups is 1. The number of methoxy groups -OCH3 is 2. The lowest BCUT2D eigenvalue weighted by molar-refractivity contribution is -0.116. The van der Waals surface area contributed by atoms with Crippen molar-refractivity contribution in [1.82, 2.24) is 5.32 Å².